The van der Waals surface area contributed by atoms with E-state index in [9.17, 15) is 4.79 Å². The van der Waals surface area contributed by atoms with Crippen LogP contribution in [0, 0.1) is 11.8 Å². The molecule has 2 aliphatic rings. The van der Waals surface area contributed by atoms with Crippen LogP contribution < -0.4 is 5.32 Å². The van der Waals surface area contributed by atoms with Gasteiger partial charge in [-0.05, 0) is 25.2 Å². The maximum absolute atomic E-state index is 12.3. The van der Waals surface area contributed by atoms with Gasteiger partial charge in [0.1, 0.15) is 0 Å². The van der Waals surface area contributed by atoms with Crippen molar-refractivity contribution in [2.45, 2.75) is 51.2 Å². The second-order valence-electron chi connectivity index (χ2n) is 5.43. The Labute approximate surface area is 97.9 Å². The molecule has 0 aromatic heterocycles. The van der Waals surface area contributed by atoms with E-state index < -0.39 is 0 Å². The van der Waals surface area contributed by atoms with Crippen LogP contribution in [0.1, 0.15) is 39.0 Å². The Kier molecular flexibility index (Phi) is 3.98. The van der Waals surface area contributed by atoms with Crippen LogP contribution in [-0.2, 0) is 9.53 Å². The van der Waals surface area contributed by atoms with Gasteiger partial charge in [-0.3, -0.25) is 4.79 Å². The first-order valence-corrected chi connectivity index (χ1v) is 6.50. The zero-order chi connectivity index (χ0) is 11.5. The van der Waals surface area contributed by atoms with Crippen molar-refractivity contribution in [2.24, 2.45) is 11.8 Å². The van der Waals surface area contributed by atoms with Gasteiger partial charge < -0.3 is 10.1 Å². The van der Waals surface area contributed by atoms with Gasteiger partial charge in [0.15, 0.2) is 5.78 Å². The minimum Gasteiger partial charge on any atom is -0.380 e. The first-order chi connectivity index (χ1) is 7.70. The SMILES string of the molecule is COC1CNC(C(=O)C2CCCC(C)C2)C1. The highest BCUT2D eigenvalue weighted by atomic mass is 16.5. The summed E-state index contributed by atoms with van der Waals surface area (Å²) < 4.78 is 5.29. The zero-order valence-corrected chi connectivity index (χ0v) is 10.4. The van der Waals surface area contributed by atoms with Crippen molar-refractivity contribution in [2.75, 3.05) is 13.7 Å². The van der Waals surface area contributed by atoms with E-state index in [1.54, 1.807) is 7.11 Å². The summed E-state index contributed by atoms with van der Waals surface area (Å²) in [7, 11) is 1.72. The second-order valence-corrected chi connectivity index (χ2v) is 5.43. The summed E-state index contributed by atoms with van der Waals surface area (Å²) >= 11 is 0. The Bertz CT molecular complexity index is 254. The zero-order valence-electron chi connectivity index (χ0n) is 10.4. The lowest BCUT2D eigenvalue weighted by molar-refractivity contribution is -0.126. The molecule has 92 valence electrons. The molecule has 2 fully saturated rings. The number of hydrogen-bond donors (Lipinski definition) is 1. The third-order valence-electron chi connectivity index (χ3n) is 4.11. The van der Waals surface area contributed by atoms with E-state index in [1.807, 2.05) is 0 Å². The molecule has 1 aliphatic heterocycles. The maximum Gasteiger partial charge on any atom is 0.152 e. The fourth-order valence-corrected chi connectivity index (χ4v) is 3.08. The van der Waals surface area contributed by atoms with Crippen molar-refractivity contribution in [1.82, 2.24) is 5.32 Å². The Morgan fingerprint density at radius 3 is 2.75 bits per heavy atom. The molecule has 1 N–H and O–H groups in total. The maximum atomic E-state index is 12.3. The standard InChI is InChI=1S/C13H23NO2/c1-9-4-3-5-10(6-9)13(15)12-7-11(16-2)8-14-12/h9-12,14H,3-8H2,1-2H3. The molecular weight excluding hydrogens is 202 g/mol. The summed E-state index contributed by atoms with van der Waals surface area (Å²) in [6.07, 6.45) is 5.80. The van der Waals surface area contributed by atoms with Gasteiger partial charge in [0.2, 0.25) is 0 Å². The van der Waals surface area contributed by atoms with Crippen molar-refractivity contribution in [3.63, 3.8) is 0 Å². The molecule has 1 saturated carbocycles. The van der Waals surface area contributed by atoms with E-state index in [1.165, 1.54) is 12.8 Å². The molecule has 4 atom stereocenters. The fourth-order valence-electron chi connectivity index (χ4n) is 3.08. The van der Waals surface area contributed by atoms with Crippen LogP contribution in [0.15, 0.2) is 0 Å². The van der Waals surface area contributed by atoms with Crippen LogP contribution in [0.25, 0.3) is 0 Å². The predicted octanol–water partition coefficient (Wildman–Crippen LogP) is 1.76. The molecular formula is C13H23NO2. The normalized spacial score (nSPS) is 39.9. The number of Topliss-reactive ketones (excluding diaryl/α,β-unsaturated/α-hetero) is 1. The van der Waals surface area contributed by atoms with Crippen molar-refractivity contribution in [3.8, 4) is 0 Å². The van der Waals surface area contributed by atoms with Gasteiger partial charge in [0, 0.05) is 19.6 Å². The van der Waals surface area contributed by atoms with Crippen LogP contribution >= 0.6 is 0 Å². The molecule has 1 saturated heterocycles. The molecule has 1 aliphatic carbocycles. The summed E-state index contributed by atoms with van der Waals surface area (Å²) in [5.41, 5.74) is 0. The highest BCUT2D eigenvalue weighted by Crippen LogP contribution is 2.31. The van der Waals surface area contributed by atoms with E-state index in [0.717, 1.165) is 31.7 Å². The van der Waals surface area contributed by atoms with E-state index in [-0.39, 0.29) is 12.1 Å². The fraction of sp³-hybridized carbons (Fsp3) is 0.923. The lowest BCUT2D eigenvalue weighted by atomic mass is 9.78. The molecule has 0 aromatic rings. The van der Waals surface area contributed by atoms with E-state index in [2.05, 4.69) is 12.2 Å². The molecule has 0 bridgehead atoms. The van der Waals surface area contributed by atoms with Gasteiger partial charge in [-0.1, -0.05) is 19.8 Å². The summed E-state index contributed by atoms with van der Waals surface area (Å²) in [6, 6.07) is 0.0558. The highest BCUT2D eigenvalue weighted by Gasteiger charge is 2.34. The van der Waals surface area contributed by atoms with Crippen molar-refractivity contribution in [3.05, 3.63) is 0 Å². The first kappa shape index (κ1) is 12.1. The molecule has 0 aromatic carbocycles. The average Bonchev–Trinajstić information content (AvgIpc) is 2.76. The number of ketones is 1. The van der Waals surface area contributed by atoms with Crippen LogP contribution in [0.4, 0.5) is 0 Å². The number of nitrogens with one attached hydrogen (secondary N) is 1. The van der Waals surface area contributed by atoms with Gasteiger partial charge >= 0.3 is 0 Å². The molecule has 0 spiro atoms. The first-order valence-electron chi connectivity index (χ1n) is 6.50. The van der Waals surface area contributed by atoms with Crippen LogP contribution in [0.2, 0.25) is 0 Å². The number of carbonyl (C=O) groups is 1. The monoisotopic (exact) mass is 225 g/mol. The lowest BCUT2D eigenvalue weighted by Crippen LogP contribution is -2.37. The molecule has 3 nitrogen and oxygen atoms in total. The van der Waals surface area contributed by atoms with Gasteiger partial charge in [0.05, 0.1) is 12.1 Å². The van der Waals surface area contributed by atoms with Gasteiger partial charge in [-0.2, -0.15) is 0 Å². The van der Waals surface area contributed by atoms with Crippen molar-refractivity contribution in [1.29, 1.82) is 0 Å². The van der Waals surface area contributed by atoms with E-state index in [4.69, 9.17) is 4.74 Å². The number of carbonyl (C=O) groups excluding carboxylic acids is 1. The predicted molar refractivity (Wildman–Crippen MR) is 63.3 cm³/mol. The molecule has 0 amide bonds. The second kappa shape index (κ2) is 5.28. The molecule has 3 heteroatoms. The van der Waals surface area contributed by atoms with Crippen molar-refractivity contribution < 1.29 is 9.53 Å². The Hall–Kier alpha value is -0.410. The Balaban J connectivity index is 1.87. The smallest absolute Gasteiger partial charge is 0.152 e. The van der Waals surface area contributed by atoms with Gasteiger partial charge in [-0.25, -0.2) is 0 Å². The summed E-state index contributed by atoms with van der Waals surface area (Å²) in [5, 5.41) is 3.29. The molecule has 16 heavy (non-hydrogen) atoms. The van der Waals surface area contributed by atoms with Crippen LogP contribution in [-0.4, -0.2) is 31.6 Å². The third kappa shape index (κ3) is 2.64. The molecule has 1 heterocycles. The van der Waals surface area contributed by atoms with E-state index >= 15 is 0 Å². The lowest BCUT2D eigenvalue weighted by Gasteiger charge is -2.27. The number of methoxy groups -OCH3 is 1. The molecule has 2 rings (SSSR count). The Morgan fingerprint density at radius 1 is 1.31 bits per heavy atom. The van der Waals surface area contributed by atoms with E-state index in [0.29, 0.717) is 11.7 Å². The minimum absolute atomic E-state index is 0.0558. The highest BCUT2D eigenvalue weighted by molar-refractivity contribution is 5.86. The van der Waals surface area contributed by atoms with Gasteiger partial charge in [0.25, 0.3) is 0 Å². The van der Waals surface area contributed by atoms with Gasteiger partial charge in [-0.15, -0.1) is 0 Å². The average molecular weight is 225 g/mol. The largest absolute Gasteiger partial charge is 0.380 e. The molecule has 0 radical (unpaired) electrons. The number of hydrogen-bond acceptors (Lipinski definition) is 3. The van der Waals surface area contributed by atoms with Crippen LogP contribution in [0.3, 0.4) is 0 Å². The summed E-state index contributed by atoms with van der Waals surface area (Å²) in [6.45, 7) is 3.09. The minimum atomic E-state index is 0.0558. The number of ether oxygens (including phenoxy) is 1. The number of rotatable bonds is 3. The van der Waals surface area contributed by atoms with Crippen molar-refractivity contribution >= 4 is 5.78 Å². The third-order valence-corrected chi connectivity index (χ3v) is 4.11. The summed E-state index contributed by atoms with van der Waals surface area (Å²) in [5.74, 6) is 1.46. The Morgan fingerprint density at radius 2 is 2.12 bits per heavy atom. The quantitative estimate of drug-likeness (QED) is 0.795. The van der Waals surface area contributed by atoms with Crippen LogP contribution in [0.5, 0.6) is 0 Å². The summed E-state index contributed by atoms with van der Waals surface area (Å²) in [4.78, 5) is 12.3. The topological polar surface area (TPSA) is 38.3 Å². The molecule has 4 unspecified atom stereocenters.